The van der Waals surface area contributed by atoms with Crippen molar-refractivity contribution >= 4 is 18.3 Å². The number of rotatable bonds is 4. The van der Waals surface area contributed by atoms with Crippen molar-refractivity contribution < 1.29 is 15.1 Å². The average molecular weight is 254 g/mol. The zero-order valence-corrected chi connectivity index (χ0v) is 9.54. The zero-order chi connectivity index (χ0) is 13.0. The minimum absolute atomic E-state index is 0.0228. The average Bonchev–Trinajstić information content (AvgIpc) is 2.35. The number of nitrogens with zero attached hydrogens (tertiary/aromatic N) is 2. The van der Waals surface area contributed by atoms with Crippen LogP contribution in [-0.4, -0.2) is 27.0 Å². The van der Waals surface area contributed by atoms with E-state index in [-0.39, 0.29) is 16.9 Å². The van der Waals surface area contributed by atoms with Gasteiger partial charge in [0.15, 0.2) is 0 Å². The van der Waals surface area contributed by atoms with Gasteiger partial charge < -0.3 is 10.2 Å². The van der Waals surface area contributed by atoms with Crippen LogP contribution in [0.3, 0.4) is 0 Å². The summed E-state index contributed by atoms with van der Waals surface area (Å²) in [5, 5.41) is 38.4. The first kappa shape index (κ1) is 13.4. The number of benzene rings is 1. The Hall–Kier alpha value is -1.62. The zero-order valence-electron chi connectivity index (χ0n) is 8.65. The fraction of sp³-hybridized carbons (Fsp3) is 0.300. The van der Waals surface area contributed by atoms with E-state index in [1.165, 1.54) is 12.1 Å². The number of nitriles is 1. The highest BCUT2D eigenvalue weighted by molar-refractivity contribution is 7.80. The van der Waals surface area contributed by atoms with Crippen LogP contribution in [-0.2, 0) is 0 Å². The third-order valence-corrected chi connectivity index (χ3v) is 2.61. The van der Waals surface area contributed by atoms with Gasteiger partial charge in [-0.15, -0.1) is 0 Å². The molecule has 0 aromatic heterocycles. The first-order chi connectivity index (χ1) is 8.01. The second-order valence-corrected chi connectivity index (χ2v) is 3.71. The molecule has 0 heterocycles. The molecule has 0 saturated heterocycles. The van der Waals surface area contributed by atoms with E-state index in [1.54, 1.807) is 6.07 Å². The molecular formula is C10H10N2O4S. The second-order valence-electron chi connectivity index (χ2n) is 3.34. The van der Waals surface area contributed by atoms with Crippen molar-refractivity contribution in [2.24, 2.45) is 0 Å². The van der Waals surface area contributed by atoms with Gasteiger partial charge in [0.25, 0.3) is 5.69 Å². The molecule has 0 aliphatic carbocycles. The lowest BCUT2D eigenvalue weighted by molar-refractivity contribution is -0.385. The summed E-state index contributed by atoms with van der Waals surface area (Å²) in [5.41, 5.74) is -0.307. The normalized spacial score (nSPS) is 13.8. The van der Waals surface area contributed by atoms with Gasteiger partial charge in [0, 0.05) is 11.8 Å². The molecule has 0 aliphatic heterocycles. The van der Waals surface area contributed by atoms with Crippen LogP contribution in [0.5, 0.6) is 0 Å². The molecule has 0 bridgehead atoms. The minimum Gasteiger partial charge on any atom is -0.389 e. The summed E-state index contributed by atoms with van der Waals surface area (Å²) in [6.07, 6.45) is -2.38. The molecule has 17 heavy (non-hydrogen) atoms. The van der Waals surface area contributed by atoms with Crippen molar-refractivity contribution in [1.82, 2.24) is 0 Å². The Balaban J connectivity index is 3.17. The summed E-state index contributed by atoms with van der Waals surface area (Å²) in [6, 6.07) is 5.37. The van der Waals surface area contributed by atoms with Crippen molar-refractivity contribution in [1.29, 1.82) is 5.26 Å². The Morgan fingerprint density at radius 3 is 2.65 bits per heavy atom. The van der Waals surface area contributed by atoms with Crippen molar-refractivity contribution in [3.05, 3.63) is 39.4 Å². The van der Waals surface area contributed by atoms with Gasteiger partial charge in [-0.3, -0.25) is 10.1 Å². The van der Waals surface area contributed by atoms with Gasteiger partial charge in [0.2, 0.25) is 0 Å². The molecule has 0 fully saturated rings. The standard InChI is InChI=1S/C10H10N2O4S/c11-4-7-2-1-6(3-8(7)12(15)16)10(14)9(13)5-17/h1-3,9-10,13-14,17H,5H2. The van der Waals surface area contributed by atoms with E-state index >= 15 is 0 Å². The van der Waals surface area contributed by atoms with Crippen LogP contribution in [0.15, 0.2) is 18.2 Å². The Morgan fingerprint density at radius 2 is 2.18 bits per heavy atom. The van der Waals surface area contributed by atoms with Crippen LogP contribution < -0.4 is 0 Å². The molecule has 6 nitrogen and oxygen atoms in total. The molecule has 1 aromatic carbocycles. The molecule has 2 unspecified atom stereocenters. The molecule has 1 aromatic rings. The Kier molecular flexibility index (Phi) is 4.45. The molecule has 0 radical (unpaired) electrons. The lowest BCUT2D eigenvalue weighted by atomic mass is 10.0. The maximum absolute atomic E-state index is 10.7. The third kappa shape index (κ3) is 2.94. The Bertz CT molecular complexity index is 472. The molecule has 1 rings (SSSR count). The number of nitro benzene ring substituents is 1. The third-order valence-electron chi connectivity index (χ3n) is 2.23. The summed E-state index contributed by atoms with van der Waals surface area (Å²) in [4.78, 5) is 9.98. The Morgan fingerprint density at radius 1 is 1.53 bits per heavy atom. The highest BCUT2D eigenvalue weighted by atomic mass is 32.1. The molecule has 0 aliphatic rings. The maximum Gasteiger partial charge on any atom is 0.287 e. The fourth-order valence-electron chi connectivity index (χ4n) is 1.30. The van der Waals surface area contributed by atoms with E-state index < -0.39 is 22.8 Å². The number of aliphatic hydroxyl groups is 2. The van der Waals surface area contributed by atoms with Crippen LogP contribution in [0.4, 0.5) is 5.69 Å². The monoisotopic (exact) mass is 254 g/mol. The molecule has 0 amide bonds. The quantitative estimate of drug-likeness (QED) is 0.418. The van der Waals surface area contributed by atoms with Gasteiger partial charge in [0.05, 0.1) is 11.0 Å². The van der Waals surface area contributed by atoms with E-state index in [0.717, 1.165) is 6.07 Å². The number of hydrogen-bond donors (Lipinski definition) is 3. The summed E-state index contributed by atoms with van der Waals surface area (Å²) in [6.45, 7) is 0. The van der Waals surface area contributed by atoms with Crippen molar-refractivity contribution in [3.63, 3.8) is 0 Å². The largest absolute Gasteiger partial charge is 0.389 e. The van der Waals surface area contributed by atoms with E-state index in [9.17, 15) is 20.3 Å². The predicted octanol–water partition coefficient (Wildman–Crippen LogP) is 0.791. The van der Waals surface area contributed by atoms with Crippen molar-refractivity contribution in [2.75, 3.05) is 5.75 Å². The maximum atomic E-state index is 10.7. The van der Waals surface area contributed by atoms with Crippen LogP contribution in [0.1, 0.15) is 17.2 Å². The molecule has 0 spiro atoms. The molecular weight excluding hydrogens is 244 g/mol. The summed E-state index contributed by atoms with van der Waals surface area (Å²) in [5.74, 6) is 0.0228. The van der Waals surface area contributed by atoms with E-state index in [2.05, 4.69) is 12.6 Å². The SMILES string of the molecule is N#Cc1ccc(C(O)C(O)CS)cc1[N+](=O)[O-]. The van der Waals surface area contributed by atoms with E-state index in [4.69, 9.17) is 5.26 Å². The fourth-order valence-corrected chi connectivity index (χ4v) is 1.50. The molecule has 7 heteroatoms. The first-order valence-corrected chi connectivity index (χ1v) is 5.30. The first-order valence-electron chi connectivity index (χ1n) is 4.66. The van der Waals surface area contributed by atoms with Crippen molar-refractivity contribution in [3.8, 4) is 6.07 Å². The molecule has 90 valence electrons. The van der Waals surface area contributed by atoms with Gasteiger partial charge in [0.1, 0.15) is 17.7 Å². The topological polar surface area (TPSA) is 107 Å². The summed E-state index contributed by atoms with van der Waals surface area (Å²) >= 11 is 3.81. The highest BCUT2D eigenvalue weighted by Crippen LogP contribution is 2.25. The van der Waals surface area contributed by atoms with Crippen molar-refractivity contribution in [2.45, 2.75) is 12.2 Å². The summed E-state index contributed by atoms with van der Waals surface area (Å²) in [7, 11) is 0. The van der Waals surface area contributed by atoms with E-state index in [1.807, 2.05) is 0 Å². The van der Waals surface area contributed by atoms with Crippen LogP contribution >= 0.6 is 12.6 Å². The van der Waals surface area contributed by atoms with Crippen LogP contribution in [0.2, 0.25) is 0 Å². The molecule has 2 atom stereocenters. The van der Waals surface area contributed by atoms with Gasteiger partial charge in [-0.05, 0) is 11.6 Å². The predicted molar refractivity (Wildman–Crippen MR) is 62.6 cm³/mol. The second kappa shape index (κ2) is 5.63. The minimum atomic E-state index is -1.26. The number of aliphatic hydroxyl groups excluding tert-OH is 2. The number of hydrogen-bond acceptors (Lipinski definition) is 6. The van der Waals surface area contributed by atoms with Gasteiger partial charge in [-0.25, -0.2) is 0 Å². The molecule has 0 saturated carbocycles. The van der Waals surface area contributed by atoms with Crippen LogP contribution in [0.25, 0.3) is 0 Å². The Labute approximate surface area is 103 Å². The smallest absolute Gasteiger partial charge is 0.287 e. The molecule has 2 N–H and O–H groups in total. The number of nitro groups is 1. The van der Waals surface area contributed by atoms with Crippen LogP contribution in [0, 0.1) is 21.4 Å². The number of thiol groups is 1. The van der Waals surface area contributed by atoms with Gasteiger partial charge in [-0.2, -0.15) is 17.9 Å². The van der Waals surface area contributed by atoms with Gasteiger partial charge in [-0.1, -0.05) is 6.07 Å². The lowest BCUT2D eigenvalue weighted by Crippen LogP contribution is -2.19. The lowest BCUT2D eigenvalue weighted by Gasteiger charge is -2.15. The van der Waals surface area contributed by atoms with Gasteiger partial charge >= 0.3 is 0 Å². The van der Waals surface area contributed by atoms with E-state index in [0.29, 0.717) is 0 Å². The summed E-state index contributed by atoms with van der Waals surface area (Å²) < 4.78 is 0. The highest BCUT2D eigenvalue weighted by Gasteiger charge is 2.21.